The van der Waals surface area contributed by atoms with Crippen LogP contribution in [-0.4, -0.2) is 41.0 Å². The third kappa shape index (κ3) is 4.16. The molecule has 0 spiro atoms. The summed E-state index contributed by atoms with van der Waals surface area (Å²) in [6.07, 6.45) is -4.03. The minimum Gasteiger partial charge on any atom is -0.478 e. The molecule has 1 aromatic carbocycles. The van der Waals surface area contributed by atoms with Gasteiger partial charge in [0.25, 0.3) is 0 Å². The zero-order chi connectivity index (χ0) is 18.1. The average Bonchev–Trinajstić information content (AvgIpc) is 2.83. The summed E-state index contributed by atoms with van der Waals surface area (Å²) in [4.78, 5) is 23.8. The maximum Gasteiger partial charge on any atom is 0.416 e. The molecule has 6 nitrogen and oxygen atoms in total. The van der Waals surface area contributed by atoms with Gasteiger partial charge in [0.2, 0.25) is 5.91 Å². The first-order chi connectivity index (χ1) is 11.1. The van der Waals surface area contributed by atoms with Crippen LogP contribution in [0.5, 0.6) is 0 Å². The Balaban J connectivity index is 2.25. The number of rotatable bonds is 4. The van der Waals surface area contributed by atoms with E-state index >= 15 is 0 Å². The summed E-state index contributed by atoms with van der Waals surface area (Å²) >= 11 is 0. The fraction of sp³-hybridized carbons (Fsp3) is 0.467. The first-order valence-corrected chi connectivity index (χ1v) is 7.30. The quantitative estimate of drug-likeness (QED) is 0.722. The van der Waals surface area contributed by atoms with E-state index in [0.29, 0.717) is 25.6 Å². The monoisotopic (exact) mass is 345 g/mol. The number of alkyl halides is 3. The summed E-state index contributed by atoms with van der Waals surface area (Å²) in [6.45, 7) is 2.32. The maximum absolute atomic E-state index is 13.2. The normalized spacial score (nSPS) is 18.6. The number of carbonyl (C=O) groups is 2. The van der Waals surface area contributed by atoms with Crippen LogP contribution < -0.4 is 11.1 Å². The minimum atomic E-state index is -4.68. The summed E-state index contributed by atoms with van der Waals surface area (Å²) in [5, 5.41) is 11.7. The van der Waals surface area contributed by atoms with Gasteiger partial charge in [0.1, 0.15) is 0 Å². The van der Waals surface area contributed by atoms with Crippen LogP contribution in [0, 0.1) is 0 Å². The zero-order valence-corrected chi connectivity index (χ0v) is 13.0. The van der Waals surface area contributed by atoms with E-state index in [4.69, 9.17) is 10.8 Å². The molecular weight excluding hydrogens is 327 g/mol. The number of nitrogens with two attached hydrogens (primary N) is 1. The van der Waals surface area contributed by atoms with Crippen molar-refractivity contribution in [2.75, 3.05) is 18.8 Å². The highest BCUT2D eigenvalue weighted by molar-refractivity contribution is 5.94. The summed E-state index contributed by atoms with van der Waals surface area (Å²) in [5.74, 6) is -1.69. The number of carbonyl (C=O) groups excluding carboxylic acids is 1. The van der Waals surface area contributed by atoms with Crippen LogP contribution in [0.2, 0.25) is 0 Å². The van der Waals surface area contributed by atoms with E-state index in [1.165, 1.54) is 6.92 Å². The first kappa shape index (κ1) is 18.1. The molecule has 1 atom stereocenters. The number of carboxylic acid groups (broad SMARTS) is 1. The number of halogens is 3. The van der Waals surface area contributed by atoms with Gasteiger partial charge in [0.05, 0.1) is 11.1 Å². The molecule has 0 radical (unpaired) electrons. The van der Waals surface area contributed by atoms with Gasteiger partial charge >= 0.3 is 12.1 Å². The van der Waals surface area contributed by atoms with Gasteiger partial charge in [-0.1, -0.05) is 0 Å². The molecule has 2 rings (SSSR count). The Morgan fingerprint density at radius 2 is 2.08 bits per heavy atom. The van der Waals surface area contributed by atoms with E-state index in [1.807, 2.05) is 0 Å². The SMILES string of the molecule is CC(=O)NC1CCN(Cc2cc(N)c(C(=O)O)cc2C(F)(F)F)C1. The number of anilines is 1. The Hall–Kier alpha value is -2.29. The number of amides is 1. The van der Waals surface area contributed by atoms with Crippen molar-refractivity contribution in [1.82, 2.24) is 10.2 Å². The summed E-state index contributed by atoms with van der Waals surface area (Å²) < 4.78 is 39.7. The molecule has 1 unspecified atom stereocenters. The second-order valence-corrected chi connectivity index (χ2v) is 5.82. The Morgan fingerprint density at radius 3 is 2.62 bits per heavy atom. The highest BCUT2D eigenvalue weighted by Crippen LogP contribution is 2.35. The second kappa shape index (κ2) is 6.68. The molecule has 4 N–H and O–H groups in total. The molecule has 0 aliphatic carbocycles. The Kier molecular flexibility index (Phi) is 5.02. The van der Waals surface area contributed by atoms with Gasteiger partial charge in [-0.15, -0.1) is 0 Å². The predicted molar refractivity (Wildman–Crippen MR) is 80.3 cm³/mol. The van der Waals surface area contributed by atoms with Crippen molar-refractivity contribution < 1.29 is 27.9 Å². The van der Waals surface area contributed by atoms with E-state index in [2.05, 4.69) is 5.32 Å². The van der Waals surface area contributed by atoms with Crippen molar-refractivity contribution in [3.8, 4) is 0 Å². The lowest BCUT2D eigenvalue weighted by Crippen LogP contribution is -2.35. The number of aromatic carboxylic acids is 1. The highest BCUT2D eigenvalue weighted by atomic mass is 19.4. The van der Waals surface area contributed by atoms with Crippen molar-refractivity contribution >= 4 is 17.6 Å². The molecular formula is C15H18F3N3O3. The van der Waals surface area contributed by atoms with Crippen molar-refractivity contribution in [3.63, 3.8) is 0 Å². The van der Waals surface area contributed by atoms with Gasteiger partial charge in [0.15, 0.2) is 0 Å². The van der Waals surface area contributed by atoms with Crippen LogP contribution in [0.4, 0.5) is 18.9 Å². The smallest absolute Gasteiger partial charge is 0.416 e. The first-order valence-electron chi connectivity index (χ1n) is 7.30. The van der Waals surface area contributed by atoms with Gasteiger partial charge in [-0.05, 0) is 24.1 Å². The van der Waals surface area contributed by atoms with Crippen molar-refractivity contribution in [3.05, 3.63) is 28.8 Å². The molecule has 1 amide bonds. The molecule has 0 bridgehead atoms. The van der Waals surface area contributed by atoms with Crippen LogP contribution in [0.25, 0.3) is 0 Å². The Morgan fingerprint density at radius 1 is 1.42 bits per heavy atom. The minimum absolute atomic E-state index is 0.0188. The largest absolute Gasteiger partial charge is 0.478 e. The number of nitrogens with zero attached hydrogens (tertiary/aromatic N) is 1. The molecule has 1 saturated heterocycles. The van der Waals surface area contributed by atoms with Gasteiger partial charge in [-0.25, -0.2) is 4.79 Å². The standard InChI is InChI=1S/C15H18F3N3O3/c1-8(22)20-10-2-3-21(7-10)6-9-4-13(19)11(14(23)24)5-12(9)15(16,17)18/h4-5,10H,2-3,6-7,19H2,1H3,(H,20,22)(H,23,24). The third-order valence-electron chi connectivity index (χ3n) is 3.88. The highest BCUT2D eigenvalue weighted by Gasteiger charge is 2.36. The van der Waals surface area contributed by atoms with E-state index < -0.39 is 23.3 Å². The van der Waals surface area contributed by atoms with E-state index in [-0.39, 0.29) is 29.7 Å². The lowest BCUT2D eigenvalue weighted by Gasteiger charge is -2.21. The average molecular weight is 345 g/mol. The molecule has 1 heterocycles. The van der Waals surface area contributed by atoms with Crippen LogP contribution in [0.15, 0.2) is 12.1 Å². The molecule has 1 aliphatic rings. The summed E-state index contributed by atoms with van der Waals surface area (Å²) in [5.41, 5.74) is 3.73. The van der Waals surface area contributed by atoms with E-state index in [9.17, 15) is 22.8 Å². The van der Waals surface area contributed by atoms with Crippen molar-refractivity contribution in [2.24, 2.45) is 0 Å². The Bertz CT molecular complexity index is 661. The van der Waals surface area contributed by atoms with Crippen LogP contribution in [0.3, 0.4) is 0 Å². The number of nitrogens with one attached hydrogen (secondary N) is 1. The number of carboxylic acids is 1. The molecule has 9 heteroatoms. The lowest BCUT2D eigenvalue weighted by molar-refractivity contribution is -0.138. The van der Waals surface area contributed by atoms with Gasteiger partial charge < -0.3 is 16.2 Å². The van der Waals surface area contributed by atoms with E-state index in [1.54, 1.807) is 4.90 Å². The summed E-state index contributed by atoms with van der Waals surface area (Å²) in [7, 11) is 0. The molecule has 0 aromatic heterocycles. The Labute approximate surface area is 136 Å². The second-order valence-electron chi connectivity index (χ2n) is 5.82. The molecule has 0 saturated carbocycles. The summed E-state index contributed by atoms with van der Waals surface area (Å²) in [6, 6.07) is 1.54. The number of nitrogen functional groups attached to an aromatic ring is 1. The van der Waals surface area contributed by atoms with Crippen LogP contribution >= 0.6 is 0 Å². The van der Waals surface area contributed by atoms with Crippen molar-refractivity contribution in [2.45, 2.75) is 32.1 Å². The van der Waals surface area contributed by atoms with Gasteiger partial charge in [-0.3, -0.25) is 9.69 Å². The van der Waals surface area contributed by atoms with Crippen LogP contribution in [0.1, 0.15) is 34.8 Å². The number of hydrogen-bond acceptors (Lipinski definition) is 4. The van der Waals surface area contributed by atoms with Gasteiger partial charge in [-0.2, -0.15) is 13.2 Å². The fourth-order valence-corrected chi connectivity index (χ4v) is 2.87. The molecule has 1 fully saturated rings. The topological polar surface area (TPSA) is 95.7 Å². The molecule has 132 valence electrons. The predicted octanol–water partition coefficient (Wildman–Crippen LogP) is 1.70. The molecule has 1 aromatic rings. The van der Waals surface area contributed by atoms with Gasteiger partial charge in [0, 0.05) is 38.3 Å². The zero-order valence-electron chi connectivity index (χ0n) is 13.0. The molecule has 24 heavy (non-hydrogen) atoms. The maximum atomic E-state index is 13.2. The number of hydrogen-bond donors (Lipinski definition) is 3. The lowest BCUT2D eigenvalue weighted by atomic mass is 10.0. The number of likely N-dealkylation sites (tertiary alicyclic amines) is 1. The molecule has 1 aliphatic heterocycles. The van der Waals surface area contributed by atoms with Crippen LogP contribution in [-0.2, 0) is 17.5 Å². The fourth-order valence-electron chi connectivity index (χ4n) is 2.87. The number of benzene rings is 1. The van der Waals surface area contributed by atoms with E-state index in [0.717, 1.165) is 6.07 Å². The third-order valence-corrected chi connectivity index (χ3v) is 3.88. The van der Waals surface area contributed by atoms with Crippen molar-refractivity contribution in [1.29, 1.82) is 0 Å².